The molecular weight excluding hydrogens is 235 g/mol. The van der Waals surface area contributed by atoms with Gasteiger partial charge in [-0.1, -0.05) is 0 Å². The Labute approximate surface area is 98.1 Å². The van der Waals surface area contributed by atoms with E-state index < -0.39 is 11.8 Å². The summed E-state index contributed by atoms with van der Waals surface area (Å²) >= 11 is 5.70. The third-order valence-corrected chi connectivity index (χ3v) is 2.29. The minimum absolute atomic E-state index is 0.0532. The molecule has 88 valence electrons. The molecule has 0 amide bonds. The fourth-order valence-electron chi connectivity index (χ4n) is 1.32. The van der Waals surface area contributed by atoms with Gasteiger partial charge in [0.25, 0.3) is 0 Å². The number of carbonyl (C=O) groups is 1. The molecule has 0 saturated heterocycles. The molecule has 5 heteroatoms. The van der Waals surface area contributed by atoms with Gasteiger partial charge in [-0.15, -0.1) is 11.6 Å². The number of halogens is 2. The lowest BCUT2D eigenvalue weighted by Crippen LogP contribution is -2.09. The smallest absolute Gasteiger partial charge is 0.338 e. The van der Waals surface area contributed by atoms with Crippen LogP contribution in [0.4, 0.5) is 4.39 Å². The van der Waals surface area contributed by atoms with Crippen molar-refractivity contribution in [1.82, 2.24) is 0 Å². The number of methoxy groups -OCH3 is 1. The van der Waals surface area contributed by atoms with Crippen molar-refractivity contribution in [3.63, 3.8) is 0 Å². The Hall–Kier alpha value is -1.29. The largest absolute Gasteiger partial charge is 0.496 e. The van der Waals surface area contributed by atoms with Crippen LogP contribution >= 0.6 is 11.6 Å². The summed E-state index contributed by atoms with van der Waals surface area (Å²) in [5.41, 5.74) is 0.540. The highest BCUT2D eigenvalue weighted by Gasteiger charge is 2.17. The highest BCUT2D eigenvalue weighted by atomic mass is 35.5. The molecule has 0 bridgehead atoms. The molecule has 0 fully saturated rings. The van der Waals surface area contributed by atoms with E-state index in [1.54, 1.807) is 6.92 Å². The van der Waals surface area contributed by atoms with E-state index in [0.717, 1.165) is 6.07 Å². The molecule has 0 aromatic heterocycles. The second kappa shape index (κ2) is 5.70. The summed E-state index contributed by atoms with van der Waals surface area (Å²) in [7, 11) is 1.39. The molecule has 0 N–H and O–H groups in total. The SMILES string of the molecule is CCOC(=O)c1cc(F)cc(OC)c1CCl. The number of ether oxygens (including phenoxy) is 2. The lowest BCUT2D eigenvalue weighted by atomic mass is 10.1. The van der Waals surface area contributed by atoms with Crippen LogP contribution in [-0.2, 0) is 10.6 Å². The molecule has 16 heavy (non-hydrogen) atoms. The Morgan fingerprint density at radius 2 is 2.19 bits per heavy atom. The van der Waals surface area contributed by atoms with Crippen LogP contribution in [0.5, 0.6) is 5.75 Å². The Kier molecular flexibility index (Phi) is 4.55. The van der Waals surface area contributed by atoms with Crippen LogP contribution in [0.25, 0.3) is 0 Å². The van der Waals surface area contributed by atoms with Crippen LogP contribution in [0.1, 0.15) is 22.8 Å². The Morgan fingerprint density at radius 3 is 2.69 bits per heavy atom. The summed E-state index contributed by atoms with van der Waals surface area (Å²) in [6.07, 6.45) is 0. The van der Waals surface area contributed by atoms with Crippen molar-refractivity contribution in [3.8, 4) is 5.75 Å². The molecule has 1 rings (SSSR count). The highest BCUT2D eigenvalue weighted by molar-refractivity contribution is 6.18. The van der Waals surface area contributed by atoms with Crippen LogP contribution in [0.2, 0.25) is 0 Å². The first-order chi connectivity index (χ1) is 7.63. The van der Waals surface area contributed by atoms with Gasteiger partial charge in [0.1, 0.15) is 11.6 Å². The fourth-order valence-corrected chi connectivity index (χ4v) is 1.60. The van der Waals surface area contributed by atoms with E-state index in [1.165, 1.54) is 13.2 Å². The van der Waals surface area contributed by atoms with E-state index in [1.807, 2.05) is 0 Å². The first-order valence-corrected chi connectivity index (χ1v) is 5.27. The quantitative estimate of drug-likeness (QED) is 0.605. The number of carbonyl (C=O) groups excluding carboxylic acids is 1. The van der Waals surface area contributed by atoms with Crippen molar-refractivity contribution in [3.05, 3.63) is 29.1 Å². The first kappa shape index (κ1) is 12.8. The Balaban J connectivity index is 3.24. The average molecular weight is 247 g/mol. The van der Waals surface area contributed by atoms with Crippen molar-refractivity contribution >= 4 is 17.6 Å². The predicted octanol–water partition coefficient (Wildman–Crippen LogP) is 2.75. The zero-order chi connectivity index (χ0) is 12.1. The van der Waals surface area contributed by atoms with Crippen LogP contribution in [-0.4, -0.2) is 19.7 Å². The molecule has 0 radical (unpaired) electrons. The van der Waals surface area contributed by atoms with E-state index in [4.69, 9.17) is 21.1 Å². The van der Waals surface area contributed by atoms with Crippen LogP contribution in [0.3, 0.4) is 0 Å². The summed E-state index contributed by atoms with van der Waals surface area (Å²) in [5, 5.41) is 0. The van der Waals surface area contributed by atoms with Crippen molar-refractivity contribution in [1.29, 1.82) is 0 Å². The van der Waals surface area contributed by atoms with Crippen molar-refractivity contribution in [2.45, 2.75) is 12.8 Å². The fraction of sp³-hybridized carbons (Fsp3) is 0.364. The standard InChI is InChI=1S/C11H12ClFO3/c1-3-16-11(14)8-4-7(13)5-10(15-2)9(8)6-12/h4-5H,3,6H2,1-2H3. The molecule has 0 aliphatic rings. The van der Waals surface area contributed by atoms with Gasteiger partial charge in [-0.3, -0.25) is 0 Å². The molecule has 1 aromatic rings. The van der Waals surface area contributed by atoms with Gasteiger partial charge in [-0.05, 0) is 13.0 Å². The van der Waals surface area contributed by atoms with Gasteiger partial charge in [-0.25, -0.2) is 9.18 Å². The van der Waals surface area contributed by atoms with Gasteiger partial charge in [0, 0.05) is 11.6 Å². The van der Waals surface area contributed by atoms with Crippen LogP contribution in [0.15, 0.2) is 12.1 Å². The Morgan fingerprint density at radius 1 is 1.50 bits per heavy atom. The van der Waals surface area contributed by atoms with Gasteiger partial charge in [-0.2, -0.15) is 0 Å². The second-order valence-corrected chi connectivity index (χ2v) is 3.26. The monoisotopic (exact) mass is 246 g/mol. The van der Waals surface area contributed by atoms with Crippen molar-refractivity contribution < 1.29 is 18.7 Å². The van der Waals surface area contributed by atoms with E-state index in [9.17, 15) is 9.18 Å². The van der Waals surface area contributed by atoms with Crippen LogP contribution in [0, 0.1) is 5.82 Å². The van der Waals surface area contributed by atoms with Gasteiger partial charge in [0.05, 0.1) is 25.2 Å². The first-order valence-electron chi connectivity index (χ1n) is 4.73. The summed E-state index contributed by atoms with van der Waals surface area (Å²) in [4.78, 5) is 11.5. The van der Waals surface area contributed by atoms with E-state index in [2.05, 4.69) is 0 Å². The lowest BCUT2D eigenvalue weighted by Gasteiger charge is -2.11. The van der Waals surface area contributed by atoms with E-state index >= 15 is 0 Å². The lowest BCUT2D eigenvalue weighted by molar-refractivity contribution is 0.0524. The molecule has 0 aliphatic heterocycles. The maximum Gasteiger partial charge on any atom is 0.338 e. The molecule has 0 atom stereocenters. The van der Waals surface area contributed by atoms with Gasteiger partial charge in [0.2, 0.25) is 0 Å². The second-order valence-electron chi connectivity index (χ2n) is 2.99. The number of esters is 1. The molecule has 0 saturated carbocycles. The summed E-state index contributed by atoms with van der Waals surface area (Å²) in [5.74, 6) is -0.861. The van der Waals surface area contributed by atoms with Gasteiger partial charge < -0.3 is 9.47 Å². The van der Waals surface area contributed by atoms with Crippen molar-refractivity contribution in [2.24, 2.45) is 0 Å². The highest BCUT2D eigenvalue weighted by Crippen LogP contribution is 2.26. The molecule has 1 aromatic carbocycles. The third-order valence-electron chi connectivity index (χ3n) is 2.02. The molecule has 0 heterocycles. The normalized spacial score (nSPS) is 10.0. The minimum Gasteiger partial charge on any atom is -0.496 e. The molecule has 0 aliphatic carbocycles. The maximum absolute atomic E-state index is 13.2. The predicted molar refractivity (Wildman–Crippen MR) is 58.5 cm³/mol. The summed E-state index contributed by atoms with van der Waals surface area (Å²) < 4.78 is 23.0. The van der Waals surface area contributed by atoms with Gasteiger partial charge >= 0.3 is 5.97 Å². The van der Waals surface area contributed by atoms with Gasteiger partial charge in [0.15, 0.2) is 0 Å². The number of alkyl halides is 1. The molecule has 3 nitrogen and oxygen atoms in total. The number of benzene rings is 1. The summed E-state index contributed by atoms with van der Waals surface area (Å²) in [6.45, 7) is 1.90. The van der Waals surface area contributed by atoms with E-state index in [0.29, 0.717) is 5.56 Å². The van der Waals surface area contributed by atoms with E-state index in [-0.39, 0.29) is 23.8 Å². The number of hydrogen-bond acceptors (Lipinski definition) is 3. The number of hydrogen-bond donors (Lipinski definition) is 0. The summed E-state index contributed by atoms with van der Waals surface area (Å²) in [6, 6.07) is 2.28. The average Bonchev–Trinajstić information content (AvgIpc) is 2.28. The Bertz CT molecular complexity index is 393. The molecular formula is C11H12ClFO3. The third kappa shape index (κ3) is 2.64. The van der Waals surface area contributed by atoms with Crippen LogP contribution < -0.4 is 4.74 Å². The molecule has 0 spiro atoms. The maximum atomic E-state index is 13.2. The zero-order valence-corrected chi connectivity index (χ0v) is 9.81. The minimum atomic E-state index is -0.601. The number of rotatable bonds is 4. The zero-order valence-electron chi connectivity index (χ0n) is 9.05. The van der Waals surface area contributed by atoms with Crippen molar-refractivity contribution in [2.75, 3.05) is 13.7 Å². The topological polar surface area (TPSA) is 35.5 Å². The molecule has 0 unspecified atom stereocenters.